The van der Waals surface area contributed by atoms with Crippen LogP contribution in [-0.4, -0.2) is 11.5 Å². The van der Waals surface area contributed by atoms with Crippen molar-refractivity contribution in [1.82, 2.24) is 4.98 Å². The fourth-order valence-corrected chi connectivity index (χ4v) is 2.61. The van der Waals surface area contributed by atoms with Gasteiger partial charge in [-0.25, -0.2) is 4.98 Å². The van der Waals surface area contributed by atoms with Crippen LogP contribution in [0.2, 0.25) is 0 Å². The Morgan fingerprint density at radius 1 is 1.22 bits per heavy atom. The Morgan fingerprint density at radius 2 is 1.94 bits per heavy atom. The molecule has 0 radical (unpaired) electrons. The van der Waals surface area contributed by atoms with Crippen LogP contribution in [0.3, 0.4) is 0 Å². The van der Waals surface area contributed by atoms with Gasteiger partial charge >= 0.3 is 0 Å². The van der Waals surface area contributed by atoms with Crippen molar-refractivity contribution in [3.8, 4) is 0 Å². The zero-order valence-corrected chi connectivity index (χ0v) is 11.2. The van der Waals surface area contributed by atoms with Crippen molar-refractivity contribution in [3.05, 3.63) is 12.1 Å². The van der Waals surface area contributed by atoms with Gasteiger partial charge in [-0.2, -0.15) is 0 Å². The van der Waals surface area contributed by atoms with Gasteiger partial charge in [0, 0.05) is 6.54 Å². The fourth-order valence-electron chi connectivity index (χ4n) is 2.61. The van der Waals surface area contributed by atoms with Crippen molar-refractivity contribution in [2.75, 3.05) is 23.3 Å². The van der Waals surface area contributed by atoms with Gasteiger partial charge in [-0.3, -0.25) is 0 Å². The smallest absolute Gasteiger partial charge is 0.149 e. The van der Waals surface area contributed by atoms with Crippen molar-refractivity contribution in [1.29, 1.82) is 0 Å². The van der Waals surface area contributed by atoms with Gasteiger partial charge in [0.15, 0.2) is 0 Å². The summed E-state index contributed by atoms with van der Waals surface area (Å²) in [6.45, 7) is 3.32. The first kappa shape index (κ1) is 13.0. The van der Waals surface area contributed by atoms with E-state index in [1.54, 1.807) is 6.07 Å². The van der Waals surface area contributed by atoms with E-state index in [1.165, 1.54) is 32.1 Å². The summed E-state index contributed by atoms with van der Waals surface area (Å²) < 4.78 is 0. The lowest BCUT2D eigenvalue weighted by molar-refractivity contribution is 0.282. The maximum Gasteiger partial charge on any atom is 0.149 e. The minimum absolute atomic E-state index is 0.409. The minimum atomic E-state index is 0.409. The zero-order chi connectivity index (χ0) is 13.0. The molecule has 1 aromatic rings. The molecule has 0 bridgehead atoms. The zero-order valence-electron chi connectivity index (χ0n) is 11.2. The average molecular weight is 248 g/mol. The largest absolute Gasteiger partial charge is 0.396 e. The standard InChI is InChI=1S/C14H24N4/c1-10-2-4-11(5-3-10)8-9-17-13-7-6-12(15)14(16)18-13/h6-7,10-11H,2-5,8-9,15H2,1H3,(H3,16,17,18). The van der Waals surface area contributed by atoms with Crippen molar-refractivity contribution in [2.24, 2.45) is 11.8 Å². The maximum absolute atomic E-state index is 5.67. The van der Waals surface area contributed by atoms with Crippen LogP contribution in [-0.2, 0) is 0 Å². The molecule has 4 heteroatoms. The third-order valence-corrected chi connectivity index (χ3v) is 3.95. The summed E-state index contributed by atoms with van der Waals surface area (Å²) in [5.41, 5.74) is 11.8. The molecule has 1 saturated carbocycles. The number of rotatable bonds is 4. The number of pyridine rings is 1. The highest BCUT2D eigenvalue weighted by Gasteiger charge is 2.17. The first-order valence-corrected chi connectivity index (χ1v) is 6.91. The molecule has 0 atom stereocenters. The van der Waals surface area contributed by atoms with Gasteiger partial charge in [-0.05, 0) is 30.4 Å². The number of anilines is 3. The van der Waals surface area contributed by atoms with E-state index in [0.29, 0.717) is 11.5 Å². The van der Waals surface area contributed by atoms with Gasteiger partial charge in [0.05, 0.1) is 5.69 Å². The van der Waals surface area contributed by atoms with Crippen LogP contribution >= 0.6 is 0 Å². The molecule has 5 N–H and O–H groups in total. The van der Waals surface area contributed by atoms with Crippen molar-refractivity contribution >= 4 is 17.3 Å². The highest BCUT2D eigenvalue weighted by atomic mass is 15.0. The van der Waals surface area contributed by atoms with Crippen molar-refractivity contribution in [2.45, 2.75) is 39.0 Å². The van der Waals surface area contributed by atoms with E-state index < -0.39 is 0 Å². The Morgan fingerprint density at radius 3 is 2.61 bits per heavy atom. The minimum Gasteiger partial charge on any atom is -0.396 e. The quantitative estimate of drug-likeness (QED) is 0.765. The first-order valence-electron chi connectivity index (χ1n) is 6.91. The number of nitrogens with two attached hydrogens (primary N) is 2. The number of nitrogens with one attached hydrogen (secondary N) is 1. The van der Waals surface area contributed by atoms with Crippen LogP contribution in [0.1, 0.15) is 39.0 Å². The molecule has 4 nitrogen and oxygen atoms in total. The number of hydrogen-bond donors (Lipinski definition) is 3. The van der Waals surface area contributed by atoms with Crippen LogP contribution in [0.15, 0.2) is 12.1 Å². The Labute approximate surface area is 109 Å². The normalized spacial score (nSPS) is 23.8. The van der Waals surface area contributed by atoms with E-state index in [4.69, 9.17) is 11.5 Å². The number of nitrogens with zero attached hydrogens (tertiary/aromatic N) is 1. The SMILES string of the molecule is CC1CCC(CCNc2ccc(N)c(N)n2)CC1. The molecule has 0 spiro atoms. The van der Waals surface area contributed by atoms with Crippen LogP contribution < -0.4 is 16.8 Å². The summed E-state index contributed by atoms with van der Waals surface area (Å²) in [4.78, 5) is 4.21. The Balaban J connectivity index is 1.73. The highest BCUT2D eigenvalue weighted by Crippen LogP contribution is 2.30. The monoisotopic (exact) mass is 248 g/mol. The second kappa shape index (κ2) is 5.94. The van der Waals surface area contributed by atoms with E-state index in [9.17, 15) is 0 Å². The van der Waals surface area contributed by atoms with Crippen LogP contribution in [0.25, 0.3) is 0 Å². The van der Waals surface area contributed by atoms with Crippen LogP contribution in [0, 0.1) is 11.8 Å². The molecule has 18 heavy (non-hydrogen) atoms. The third kappa shape index (κ3) is 3.52. The molecule has 0 aromatic carbocycles. The number of nitrogen functional groups attached to an aromatic ring is 2. The van der Waals surface area contributed by atoms with E-state index in [1.807, 2.05) is 6.07 Å². The maximum atomic E-state index is 5.67. The summed E-state index contributed by atoms with van der Waals surface area (Å²) >= 11 is 0. The molecule has 100 valence electrons. The van der Waals surface area contributed by atoms with Crippen LogP contribution in [0.4, 0.5) is 17.3 Å². The van der Waals surface area contributed by atoms with Gasteiger partial charge in [0.2, 0.25) is 0 Å². The molecular formula is C14H24N4. The molecule has 1 aromatic heterocycles. The Kier molecular flexibility index (Phi) is 4.28. The van der Waals surface area contributed by atoms with Gasteiger partial charge < -0.3 is 16.8 Å². The predicted molar refractivity (Wildman–Crippen MR) is 77.3 cm³/mol. The molecule has 1 heterocycles. The average Bonchev–Trinajstić information content (AvgIpc) is 2.36. The van der Waals surface area contributed by atoms with E-state index in [0.717, 1.165) is 24.2 Å². The lowest BCUT2D eigenvalue weighted by Crippen LogP contribution is -2.16. The fraction of sp³-hybridized carbons (Fsp3) is 0.643. The van der Waals surface area contributed by atoms with Gasteiger partial charge in [0.1, 0.15) is 11.6 Å². The second-order valence-corrected chi connectivity index (χ2v) is 5.51. The predicted octanol–water partition coefficient (Wildman–Crippen LogP) is 2.87. The Bertz CT molecular complexity index is 383. The molecule has 0 saturated heterocycles. The number of aromatic nitrogens is 1. The van der Waals surface area contributed by atoms with E-state index >= 15 is 0 Å². The second-order valence-electron chi connectivity index (χ2n) is 5.51. The topological polar surface area (TPSA) is 77.0 Å². The molecule has 0 amide bonds. The Hall–Kier alpha value is -1.45. The summed E-state index contributed by atoms with van der Waals surface area (Å²) in [5.74, 6) is 3.03. The molecule has 1 fully saturated rings. The molecule has 1 aliphatic carbocycles. The lowest BCUT2D eigenvalue weighted by Gasteiger charge is -2.26. The molecule has 1 aliphatic rings. The third-order valence-electron chi connectivity index (χ3n) is 3.95. The van der Waals surface area contributed by atoms with Gasteiger partial charge in [-0.15, -0.1) is 0 Å². The summed E-state index contributed by atoms with van der Waals surface area (Å²) in [6.07, 6.45) is 6.74. The van der Waals surface area contributed by atoms with E-state index in [2.05, 4.69) is 17.2 Å². The molecule has 0 aliphatic heterocycles. The summed E-state index contributed by atoms with van der Waals surface area (Å²) in [6, 6.07) is 3.68. The van der Waals surface area contributed by atoms with Gasteiger partial charge in [-0.1, -0.05) is 32.6 Å². The summed E-state index contributed by atoms with van der Waals surface area (Å²) in [5, 5.41) is 3.32. The van der Waals surface area contributed by atoms with Crippen molar-refractivity contribution < 1.29 is 0 Å². The highest BCUT2D eigenvalue weighted by molar-refractivity contribution is 5.61. The molecule has 0 unspecified atom stereocenters. The van der Waals surface area contributed by atoms with Crippen LogP contribution in [0.5, 0.6) is 0 Å². The van der Waals surface area contributed by atoms with E-state index in [-0.39, 0.29) is 0 Å². The molecular weight excluding hydrogens is 224 g/mol. The lowest BCUT2D eigenvalue weighted by atomic mass is 9.81. The number of hydrogen-bond acceptors (Lipinski definition) is 4. The molecule has 2 rings (SSSR count). The summed E-state index contributed by atoms with van der Waals surface area (Å²) in [7, 11) is 0. The van der Waals surface area contributed by atoms with Gasteiger partial charge in [0.25, 0.3) is 0 Å². The van der Waals surface area contributed by atoms with Crippen molar-refractivity contribution in [3.63, 3.8) is 0 Å². The first-order chi connectivity index (χ1) is 8.65.